The van der Waals surface area contributed by atoms with Gasteiger partial charge in [0.15, 0.2) is 0 Å². The maximum Gasteiger partial charge on any atom is 0.141 e. The Morgan fingerprint density at radius 3 is 2.68 bits per heavy atom. The normalized spacial score (nSPS) is 19.9. The van der Waals surface area contributed by atoms with Crippen molar-refractivity contribution >= 4 is 44.7 Å². The Hall–Kier alpha value is -1.85. The Balaban J connectivity index is 1.45. The van der Waals surface area contributed by atoms with Crippen LogP contribution >= 0.6 is 22.9 Å². The molecule has 1 fully saturated rings. The Labute approximate surface area is 175 Å². The molecule has 6 heteroatoms. The van der Waals surface area contributed by atoms with Gasteiger partial charge in [0.2, 0.25) is 0 Å². The Morgan fingerprint density at radius 1 is 1.11 bits per heavy atom. The number of hydrogen-bond donors (Lipinski definition) is 0. The van der Waals surface area contributed by atoms with E-state index in [0.717, 1.165) is 48.8 Å². The number of nitrogens with zero attached hydrogens (tertiary/aromatic N) is 4. The molecule has 5 rings (SSSR count). The lowest BCUT2D eigenvalue weighted by molar-refractivity contribution is 0.509. The van der Waals surface area contributed by atoms with Crippen LogP contribution in [0.25, 0.3) is 10.2 Å². The molecule has 28 heavy (non-hydrogen) atoms. The summed E-state index contributed by atoms with van der Waals surface area (Å²) >= 11 is 8.08. The van der Waals surface area contributed by atoms with Crippen LogP contribution in [0.1, 0.15) is 29.6 Å². The minimum absolute atomic E-state index is 0.777. The van der Waals surface area contributed by atoms with Gasteiger partial charge in [0, 0.05) is 41.8 Å². The number of anilines is 2. The first-order valence-electron chi connectivity index (χ1n) is 10.1. The number of hydrogen-bond acceptors (Lipinski definition) is 5. The first-order chi connectivity index (χ1) is 13.6. The van der Waals surface area contributed by atoms with E-state index in [-0.39, 0.29) is 0 Å². The number of aryl methyl sites for hydroxylation is 2. The van der Waals surface area contributed by atoms with Crippen molar-refractivity contribution in [1.82, 2.24) is 9.97 Å². The second kappa shape index (κ2) is 7.20. The highest BCUT2D eigenvalue weighted by Gasteiger charge is 2.27. The number of aromatic nitrogens is 2. The van der Waals surface area contributed by atoms with E-state index in [0.29, 0.717) is 0 Å². The van der Waals surface area contributed by atoms with E-state index in [9.17, 15) is 0 Å². The number of benzene rings is 1. The third-order valence-electron chi connectivity index (χ3n) is 6.00. The molecule has 0 amide bonds. The Morgan fingerprint density at radius 2 is 1.89 bits per heavy atom. The molecule has 3 heterocycles. The van der Waals surface area contributed by atoms with Gasteiger partial charge >= 0.3 is 0 Å². The van der Waals surface area contributed by atoms with Crippen LogP contribution in [0.2, 0.25) is 5.02 Å². The molecule has 1 aromatic carbocycles. The van der Waals surface area contributed by atoms with Crippen molar-refractivity contribution in [1.29, 1.82) is 0 Å². The van der Waals surface area contributed by atoms with Gasteiger partial charge in [0.25, 0.3) is 0 Å². The summed E-state index contributed by atoms with van der Waals surface area (Å²) in [6.07, 6.45) is 3.63. The first-order valence-corrected chi connectivity index (χ1v) is 11.3. The quantitative estimate of drug-likeness (QED) is 0.585. The molecular formula is C22H25ClN4S. The smallest absolute Gasteiger partial charge is 0.141 e. The van der Waals surface area contributed by atoms with Crippen LogP contribution in [0, 0.1) is 12.8 Å². The SMILES string of the molecule is Cc1nc(N2CCN(c3cccc(Cl)c3)CC2)c2c3c(sc2n1)C[C@@H](C)CC3. The van der Waals surface area contributed by atoms with E-state index in [1.165, 1.54) is 45.6 Å². The average Bonchev–Trinajstić information content (AvgIpc) is 3.04. The van der Waals surface area contributed by atoms with Crippen molar-refractivity contribution in [3.8, 4) is 0 Å². The molecule has 1 aliphatic heterocycles. The van der Waals surface area contributed by atoms with Gasteiger partial charge in [-0.1, -0.05) is 24.6 Å². The first kappa shape index (κ1) is 18.2. The number of thiophene rings is 1. The molecule has 0 radical (unpaired) electrons. The molecule has 0 unspecified atom stereocenters. The predicted octanol–water partition coefficient (Wildman–Crippen LogP) is 5.10. The van der Waals surface area contributed by atoms with Crippen molar-refractivity contribution < 1.29 is 0 Å². The zero-order valence-electron chi connectivity index (χ0n) is 16.4. The molecule has 4 nitrogen and oxygen atoms in total. The van der Waals surface area contributed by atoms with Crippen molar-refractivity contribution in [3.05, 3.63) is 45.6 Å². The minimum atomic E-state index is 0.777. The van der Waals surface area contributed by atoms with Gasteiger partial charge in [-0.2, -0.15) is 0 Å². The summed E-state index contributed by atoms with van der Waals surface area (Å²) in [5.74, 6) is 2.81. The zero-order valence-corrected chi connectivity index (χ0v) is 18.0. The van der Waals surface area contributed by atoms with Crippen LogP contribution < -0.4 is 9.80 Å². The molecule has 3 aromatic rings. The molecule has 2 aliphatic rings. The molecule has 0 bridgehead atoms. The van der Waals surface area contributed by atoms with Crippen LogP contribution in [-0.4, -0.2) is 36.1 Å². The zero-order chi connectivity index (χ0) is 19.3. The number of fused-ring (bicyclic) bond motifs is 3. The van der Waals surface area contributed by atoms with Crippen molar-refractivity contribution in [2.75, 3.05) is 36.0 Å². The van der Waals surface area contributed by atoms with Crippen LogP contribution in [0.15, 0.2) is 24.3 Å². The highest BCUT2D eigenvalue weighted by Crippen LogP contribution is 2.41. The van der Waals surface area contributed by atoms with Crippen LogP contribution in [-0.2, 0) is 12.8 Å². The predicted molar refractivity (Wildman–Crippen MR) is 119 cm³/mol. The maximum atomic E-state index is 6.18. The lowest BCUT2D eigenvalue weighted by Gasteiger charge is -2.37. The lowest BCUT2D eigenvalue weighted by atomic mass is 9.89. The molecule has 146 valence electrons. The van der Waals surface area contributed by atoms with E-state index < -0.39 is 0 Å². The molecule has 1 atom stereocenters. The summed E-state index contributed by atoms with van der Waals surface area (Å²) in [5, 5.41) is 2.13. The molecule has 1 saturated heterocycles. The summed E-state index contributed by atoms with van der Waals surface area (Å²) in [6.45, 7) is 8.29. The van der Waals surface area contributed by atoms with E-state index >= 15 is 0 Å². The summed E-state index contributed by atoms with van der Waals surface area (Å²) in [5.41, 5.74) is 2.73. The fraction of sp³-hybridized carbons (Fsp3) is 0.455. The van der Waals surface area contributed by atoms with E-state index in [4.69, 9.17) is 21.6 Å². The largest absolute Gasteiger partial charge is 0.368 e. The molecule has 0 saturated carbocycles. The highest BCUT2D eigenvalue weighted by atomic mass is 35.5. The second-order valence-electron chi connectivity index (χ2n) is 8.08. The summed E-state index contributed by atoms with van der Waals surface area (Å²) < 4.78 is 0. The van der Waals surface area contributed by atoms with Gasteiger partial charge in [0.1, 0.15) is 16.5 Å². The molecule has 2 aromatic heterocycles. The molecule has 0 spiro atoms. The Bertz CT molecular complexity index is 1020. The lowest BCUT2D eigenvalue weighted by Crippen LogP contribution is -2.47. The Kier molecular flexibility index (Phi) is 4.68. The monoisotopic (exact) mass is 412 g/mol. The highest BCUT2D eigenvalue weighted by molar-refractivity contribution is 7.19. The third kappa shape index (κ3) is 3.25. The number of rotatable bonds is 2. The van der Waals surface area contributed by atoms with Crippen LogP contribution in [0.3, 0.4) is 0 Å². The van der Waals surface area contributed by atoms with Crippen molar-refractivity contribution in [2.24, 2.45) is 5.92 Å². The van der Waals surface area contributed by atoms with Crippen molar-refractivity contribution in [2.45, 2.75) is 33.1 Å². The minimum Gasteiger partial charge on any atom is -0.368 e. The standard InChI is InChI=1S/C22H25ClN4S/c1-14-6-7-18-19(12-14)28-22-20(18)21(24-15(2)25-22)27-10-8-26(9-11-27)17-5-3-4-16(23)13-17/h3-5,13-14H,6-12H2,1-2H3/t14-/m0/s1. The average molecular weight is 413 g/mol. The summed E-state index contributed by atoms with van der Waals surface area (Å²) in [4.78, 5) is 17.3. The maximum absolute atomic E-state index is 6.18. The molecule has 0 N–H and O–H groups in total. The molecule has 1 aliphatic carbocycles. The fourth-order valence-electron chi connectivity index (χ4n) is 4.50. The fourth-order valence-corrected chi connectivity index (χ4v) is 6.11. The van der Waals surface area contributed by atoms with Gasteiger partial charge in [-0.15, -0.1) is 11.3 Å². The van der Waals surface area contributed by atoms with Gasteiger partial charge in [0.05, 0.1) is 5.39 Å². The van der Waals surface area contributed by atoms with Gasteiger partial charge in [-0.3, -0.25) is 0 Å². The number of halogens is 1. The van der Waals surface area contributed by atoms with Gasteiger partial charge in [-0.25, -0.2) is 9.97 Å². The van der Waals surface area contributed by atoms with Crippen molar-refractivity contribution in [3.63, 3.8) is 0 Å². The van der Waals surface area contributed by atoms with E-state index in [2.05, 4.69) is 28.9 Å². The summed E-state index contributed by atoms with van der Waals surface area (Å²) in [6, 6.07) is 8.16. The van der Waals surface area contributed by atoms with Crippen LogP contribution in [0.5, 0.6) is 0 Å². The van der Waals surface area contributed by atoms with Crippen LogP contribution in [0.4, 0.5) is 11.5 Å². The topological polar surface area (TPSA) is 32.3 Å². The second-order valence-corrected chi connectivity index (χ2v) is 9.60. The van der Waals surface area contributed by atoms with E-state index in [1.807, 2.05) is 30.4 Å². The number of piperazine rings is 1. The van der Waals surface area contributed by atoms with Gasteiger partial charge < -0.3 is 9.80 Å². The third-order valence-corrected chi connectivity index (χ3v) is 7.38. The van der Waals surface area contributed by atoms with E-state index in [1.54, 1.807) is 0 Å². The summed E-state index contributed by atoms with van der Waals surface area (Å²) in [7, 11) is 0. The molecular weight excluding hydrogens is 388 g/mol. The van der Waals surface area contributed by atoms with Gasteiger partial charge in [-0.05, 0) is 55.9 Å².